The predicted molar refractivity (Wildman–Crippen MR) is 71.0 cm³/mol. The number of benzene rings is 1. The van der Waals surface area contributed by atoms with Crippen molar-refractivity contribution in [3.05, 3.63) is 58.7 Å². The van der Waals surface area contributed by atoms with Crippen LogP contribution in [0.3, 0.4) is 0 Å². The van der Waals surface area contributed by atoms with Crippen molar-refractivity contribution in [3.63, 3.8) is 0 Å². The molecular weight excluding hydrogens is 281 g/mol. The van der Waals surface area contributed by atoms with Gasteiger partial charge in [0.05, 0.1) is 16.8 Å². The molecule has 0 bridgehead atoms. The molecule has 110 valence electrons. The molecule has 3 nitrogen and oxygen atoms in total. The monoisotopic (exact) mass is 294 g/mol. The zero-order valence-electron chi connectivity index (χ0n) is 11.5. The highest BCUT2D eigenvalue weighted by Gasteiger charge is 2.30. The van der Waals surface area contributed by atoms with Gasteiger partial charge in [-0.2, -0.15) is 13.2 Å². The number of halogens is 3. The van der Waals surface area contributed by atoms with Crippen molar-refractivity contribution in [1.82, 2.24) is 9.97 Å². The predicted octanol–water partition coefficient (Wildman–Crippen LogP) is 3.60. The van der Waals surface area contributed by atoms with Crippen molar-refractivity contribution in [2.75, 3.05) is 0 Å². The summed E-state index contributed by atoms with van der Waals surface area (Å²) in [6, 6.07) is 5.05. The van der Waals surface area contributed by atoms with Crippen molar-refractivity contribution in [2.24, 2.45) is 0 Å². The van der Waals surface area contributed by atoms with Crippen LogP contribution in [0.5, 0.6) is 0 Å². The first kappa shape index (κ1) is 15.2. The lowest BCUT2D eigenvalue weighted by Gasteiger charge is -2.09. The van der Waals surface area contributed by atoms with E-state index in [2.05, 4.69) is 9.97 Å². The Kier molecular flexibility index (Phi) is 4.06. The van der Waals surface area contributed by atoms with Gasteiger partial charge in [0.1, 0.15) is 5.82 Å². The lowest BCUT2D eigenvalue weighted by molar-refractivity contribution is -0.137. The average molecular weight is 294 g/mol. The Balaban J connectivity index is 2.27. The van der Waals surface area contributed by atoms with Crippen molar-refractivity contribution in [1.29, 1.82) is 0 Å². The third kappa shape index (κ3) is 3.65. The van der Waals surface area contributed by atoms with Gasteiger partial charge in [-0.05, 0) is 25.5 Å². The number of alkyl halides is 3. The maximum Gasteiger partial charge on any atom is 0.416 e. The van der Waals surface area contributed by atoms with E-state index in [9.17, 15) is 18.0 Å². The van der Waals surface area contributed by atoms with E-state index >= 15 is 0 Å². The molecule has 0 aliphatic carbocycles. The van der Waals surface area contributed by atoms with E-state index in [-0.39, 0.29) is 12.2 Å². The number of carbonyl (C=O) groups excluding carboxylic acids is 1. The topological polar surface area (TPSA) is 42.9 Å². The lowest BCUT2D eigenvalue weighted by Crippen LogP contribution is -2.07. The van der Waals surface area contributed by atoms with Crippen LogP contribution in [0.15, 0.2) is 30.5 Å². The third-order valence-corrected chi connectivity index (χ3v) is 3.03. The van der Waals surface area contributed by atoms with Gasteiger partial charge >= 0.3 is 6.18 Å². The maximum atomic E-state index is 12.6. The fourth-order valence-corrected chi connectivity index (χ4v) is 1.99. The van der Waals surface area contributed by atoms with Crippen LogP contribution in [0.4, 0.5) is 13.2 Å². The van der Waals surface area contributed by atoms with E-state index in [1.807, 2.05) is 0 Å². The number of nitrogens with zero attached hydrogens (tertiary/aromatic N) is 2. The Morgan fingerprint density at radius 3 is 2.57 bits per heavy atom. The van der Waals surface area contributed by atoms with Crippen molar-refractivity contribution < 1.29 is 18.0 Å². The molecule has 0 atom stereocenters. The van der Waals surface area contributed by atoms with Gasteiger partial charge in [-0.25, -0.2) is 9.97 Å². The van der Waals surface area contributed by atoms with Gasteiger partial charge in [0.25, 0.3) is 0 Å². The maximum absolute atomic E-state index is 12.6. The molecule has 21 heavy (non-hydrogen) atoms. The number of Topliss-reactive ketones (excluding diaryl/α,β-unsaturated/α-hetero) is 1. The SMILES string of the molecule is CC(=O)c1cnc(Cc2cccc(C(F)(F)F)c2)nc1C. The third-order valence-electron chi connectivity index (χ3n) is 3.03. The molecule has 0 aliphatic rings. The first-order chi connectivity index (χ1) is 9.77. The van der Waals surface area contributed by atoms with Gasteiger partial charge in [-0.1, -0.05) is 18.2 Å². The summed E-state index contributed by atoms with van der Waals surface area (Å²) >= 11 is 0. The molecule has 0 fully saturated rings. The van der Waals surface area contributed by atoms with Crippen LogP contribution in [0.2, 0.25) is 0 Å². The Morgan fingerprint density at radius 1 is 1.29 bits per heavy atom. The van der Waals surface area contributed by atoms with Crippen LogP contribution >= 0.6 is 0 Å². The molecule has 1 aromatic heterocycles. The molecular formula is C15H13F3N2O. The summed E-state index contributed by atoms with van der Waals surface area (Å²) < 4.78 is 37.9. The van der Waals surface area contributed by atoms with E-state index < -0.39 is 11.7 Å². The fraction of sp³-hybridized carbons (Fsp3) is 0.267. The van der Waals surface area contributed by atoms with Crippen LogP contribution in [-0.2, 0) is 12.6 Å². The standard InChI is InChI=1S/C15H13F3N2O/c1-9-13(10(2)21)8-19-14(20-9)7-11-4-3-5-12(6-11)15(16,17)18/h3-6,8H,7H2,1-2H3. The second kappa shape index (κ2) is 5.63. The molecule has 2 rings (SSSR count). The first-order valence-corrected chi connectivity index (χ1v) is 6.27. The molecule has 0 amide bonds. The number of aromatic nitrogens is 2. The van der Waals surface area contributed by atoms with Crippen LogP contribution in [0.1, 0.15) is 39.9 Å². The highest BCUT2D eigenvalue weighted by molar-refractivity contribution is 5.94. The van der Waals surface area contributed by atoms with Crippen LogP contribution in [0.25, 0.3) is 0 Å². The van der Waals surface area contributed by atoms with Crippen LogP contribution in [0, 0.1) is 6.92 Å². The van der Waals surface area contributed by atoms with E-state index in [1.54, 1.807) is 13.0 Å². The summed E-state index contributed by atoms with van der Waals surface area (Å²) in [6.07, 6.45) is -2.78. The molecule has 0 aliphatic heterocycles. The minimum Gasteiger partial charge on any atom is -0.294 e. The molecule has 1 aromatic carbocycles. The second-order valence-electron chi connectivity index (χ2n) is 4.72. The number of rotatable bonds is 3. The molecule has 6 heteroatoms. The summed E-state index contributed by atoms with van der Waals surface area (Å²) in [4.78, 5) is 19.5. The number of aryl methyl sites for hydroxylation is 1. The zero-order valence-corrected chi connectivity index (χ0v) is 11.5. The second-order valence-corrected chi connectivity index (χ2v) is 4.72. The summed E-state index contributed by atoms with van der Waals surface area (Å²) in [5.74, 6) is 0.245. The lowest BCUT2D eigenvalue weighted by atomic mass is 10.1. The highest BCUT2D eigenvalue weighted by atomic mass is 19.4. The Morgan fingerprint density at radius 2 is 2.00 bits per heavy atom. The van der Waals surface area contributed by atoms with Crippen LogP contribution in [-0.4, -0.2) is 15.8 Å². The minimum absolute atomic E-state index is 0.141. The van der Waals surface area contributed by atoms with Gasteiger partial charge in [0, 0.05) is 12.6 Å². The van der Waals surface area contributed by atoms with Crippen molar-refractivity contribution in [2.45, 2.75) is 26.4 Å². The van der Waals surface area contributed by atoms with Crippen LogP contribution < -0.4 is 0 Å². The Hall–Kier alpha value is -2.24. The molecule has 0 radical (unpaired) electrons. The number of hydrogen-bond acceptors (Lipinski definition) is 3. The van der Waals surface area contributed by atoms with E-state index in [0.29, 0.717) is 22.6 Å². The van der Waals surface area contributed by atoms with E-state index in [0.717, 1.165) is 12.1 Å². The van der Waals surface area contributed by atoms with Crippen molar-refractivity contribution in [3.8, 4) is 0 Å². The molecule has 0 unspecified atom stereocenters. The average Bonchev–Trinajstić information content (AvgIpc) is 2.37. The molecule has 0 N–H and O–H groups in total. The quantitative estimate of drug-likeness (QED) is 0.812. The van der Waals surface area contributed by atoms with E-state index in [4.69, 9.17) is 0 Å². The highest BCUT2D eigenvalue weighted by Crippen LogP contribution is 2.29. The summed E-state index contributed by atoms with van der Waals surface area (Å²) in [6.45, 7) is 3.09. The van der Waals surface area contributed by atoms with Gasteiger partial charge < -0.3 is 0 Å². The van der Waals surface area contributed by atoms with E-state index in [1.165, 1.54) is 19.2 Å². The molecule has 0 saturated heterocycles. The van der Waals surface area contributed by atoms with Gasteiger partial charge in [0.15, 0.2) is 5.78 Å². The zero-order chi connectivity index (χ0) is 15.6. The normalized spacial score (nSPS) is 11.5. The molecule has 0 saturated carbocycles. The Bertz CT molecular complexity index is 681. The molecule has 2 aromatic rings. The van der Waals surface area contributed by atoms with Gasteiger partial charge in [0.2, 0.25) is 0 Å². The number of hydrogen-bond donors (Lipinski definition) is 0. The largest absolute Gasteiger partial charge is 0.416 e. The van der Waals surface area contributed by atoms with Crippen molar-refractivity contribution >= 4 is 5.78 Å². The smallest absolute Gasteiger partial charge is 0.294 e. The molecule has 1 heterocycles. The Labute approximate surface area is 119 Å². The van der Waals surface area contributed by atoms with Gasteiger partial charge in [-0.15, -0.1) is 0 Å². The first-order valence-electron chi connectivity index (χ1n) is 6.27. The summed E-state index contributed by atoms with van der Waals surface area (Å²) in [5, 5.41) is 0. The fourth-order valence-electron chi connectivity index (χ4n) is 1.99. The van der Waals surface area contributed by atoms with Gasteiger partial charge in [-0.3, -0.25) is 4.79 Å². The summed E-state index contributed by atoms with van der Waals surface area (Å²) in [7, 11) is 0. The molecule has 0 spiro atoms. The summed E-state index contributed by atoms with van der Waals surface area (Å²) in [5.41, 5.74) is 0.721. The number of carbonyl (C=O) groups is 1. The number of ketones is 1. The minimum atomic E-state index is -4.37.